The first-order chi connectivity index (χ1) is 18.6. The van der Waals surface area contributed by atoms with Crippen LogP contribution in [-0.2, 0) is 17.6 Å². The van der Waals surface area contributed by atoms with E-state index < -0.39 is 12.0 Å². The maximum Gasteiger partial charge on any atom is 0.305 e. The Kier molecular flexibility index (Phi) is 6.43. The van der Waals surface area contributed by atoms with Gasteiger partial charge in [0.15, 0.2) is 5.82 Å². The SMILES string of the molecule is O=C(O)CC(c1cccc(-n2cccn2)n1)n1ncc2cc(OCCc3ccc4c(n3)CCCN4)ccc21. The number of aromatic nitrogens is 6. The molecule has 0 saturated carbocycles. The number of pyridine rings is 2. The van der Waals surface area contributed by atoms with Crippen LogP contribution in [0.5, 0.6) is 5.75 Å². The average Bonchev–Trinajstić information content (AvgIpc) is 3.62. The lowest BCUT2D eigenvalue weighted by Crippen LogP contribution is -2.18. The highest BCUT2D eigenvalue weighted by molar-refractivity contribution is 5.81. The molecule has 192 valence electrons. The number of aryl methyl sites for hydroxylation is 1. The number of anilines is 1. The number of nitrogens with one attached hydrogen (secondary N) is 1. The Morgan fingerprint density at radius 2 is 2.05 bits per heavy atom. The van der Waals surface area contributed by atoms with Crippen LogP contribution in [0.3, 0.4) is 0 Å². The molecule has 4 aromatic heterocycles. The van der Waals surface area contributed by atoms with Crippen LogP contribution in [0.2, 0.25) is 0 Å². The van der Waals surface area contributed by atoms with E-state index in [0.717, 1.165) is 53.1 Å². The standard InChI is InChI=1S/C28H27N7O3/c36-28(37)17-26(24-4-1-6-27(33-24)34-14-3-13-30-34)35-25-10-8-21(16-19(25)18-31-35)38-15-11-20-7-9-22-23(32-20)5-2-12-29-22/h1,3-4,6-10,13-14,16,18,26,29H,2,5,11-12,15,17H2,(H,36,37). The van der Waals surface area contributed by atoms with E-state index in [1.165, 1.54) is 0 Å². The van der Waals surface area contributed by atoms with Gasteiger partial charge in [0, 0.05) is 36.4 Å². The van der Waals surface area contributed by atoms with Crippen molar-refractivity contribution in [2.24, 2.45) is 0 Å². The van der Waals surface area contributed by atoms with Crippen molar-refractivity contribution in [1.29, 1.82) is 0 Å². The van der Waals surface area contributed by atoms with Crippen LogP contribution in [-0.4, -0.2) is 53.8 Å². The van der Waals surface area contributed by atoms with Crippen LogP contribution in [0.15, 0.2) is 73.2 Å². The van der Waals surface area contributed by atoms with Gasteiger partial charge in [0.2, 0.25) is 0 Å². The maximum atomic E-state index is 11.8. The molecule has 0 saturated heterocycles. The van der Waals surface area contributed by atoms with E-state index in [-0.39, 0.29) is 6.42 Å². The number of aliphatic carboxylic acids is 1. The minimum Gasteiger partial charge on any atom is -0.493 e. The second kappa shape index (κ2) is 10.3. The molecule has 0 spiro atoms. The number of nitrogens with zero attached hydrogens (tertiary/aromatic N) is 6. The second-order valence-electron chi connectivity index (χ2n) is 9.22. The van der Waals surface area contributed by atoms with E-state index >= 15 is 0 Å². The van der Waals surface area contributed by atoms with Gasteiger partial charge in [-0.15, -0.1) is 0 Å². The molecule has 10 nitrogen and oxygen atoms in total. The Morgan fingerprint density at radius 1 is 1.11 bits per heavy atom. The molecule has 1 unspecified atom stereocenters. The van der Waals surface area contributed by atoms with Crippen molar-refractivity contribution in [3.05, 3.63) is 90.3 Å². The molecule has 1 aromatic carbocycles. The van der Waals surface area contributed by atoms with Crippen LogP contribution in [0.1, 0.15) is 36.0 Å². The zero-order valence-electron chi connectivity index (χ0n) is 20.7. The predicted molar refractivity (Wildman–Crippen MR) is 142 cm³/mol. The maximum absolute atomic E-state index is 11.8. The summed E-state index contributed by atoms with van der Waals surface area (Å²) in [5.74, 6) is 0.404. The molecule has 1 aliphatic rings. The van der Waals surface area contributed by atoms with Crippen molar-refractivity contribution in [2.75, 3.05) is 18.5 Å². The van der Waals surface area contributed by atoms with Crippen molar-refractivity contribution in [3.8, 4) is 11.6 Å². The molecule has 0 amide bonds. The normalized spacial score (nSPS) is 13.6. The molecule has 0 fully saturated rings. The van der Waals surface area contributed by atoms with Crippen molar-refractivity contribution < 1.29 is 14.6 Å². The van der Waals surface area contributed by atoms with Gasteiger partial charge >= 0.3 is 5.97 Å². The van der Waals surface area contributed by atoms with Crippen LogP contribution in [0, 0.1) is 0 Å². The third-order valence-corrected chi connectivity index (χ3v) is 6.63. The highest BCUT2D eigenvalue weighted by Crippen LogP contribution is 2.28. The first-order valence-electron chi connectivity index (χ1n) is 12.7. The van der Waals surface area contributed by atoms with Gasteiger partial charge in [0.25, 0.3) is 0 Å². The Bertz CT molecular complexity index is 1580. The summed E-state index contributed by atoms with van der Waals surface area (Å²) in [6.07, 6.45) is 7.85. The summed E-state index contributed by atoms with van der Waals surface area (Å²) in [7, 11) is 0. The van der Waals surface area contributed by atoms with Gasteiger partial charge in [-0.1, -0.05) is 6.07 Å². The number of benzene rings is 1. The fourth-order valence-electron chi connectivity index (χ4n) is 4.80. The van der Waals surface area contributed by atoms with Gasteiger partial charge in [0.05, 0.1) is 41.8 Å². The molecule has 0 aliphatic carbocycles. The van der Waals surface area contributed by atoms with Crippen molar-refractivity contribution in [3.63, 3.8) is 0 Å². The van der Waals surface area contributed by atoms with E-state index in [9.17, 15) is 9.90 Å². The van der Waals surface area contributed by atoms with Gasteiger partial charge < -0.3 is 15.2 Å². The number of hydrogen-bond acceptors (Lipinski definition) is 7. The van der Waals surface area contributed by atoms with Crippen LogP contribution in [0.25, 0.3) is 16.7 Å². The third kappa shape index (κ3) is 4.93. The largest absolute Gasteiger partial charge is 0.493 e. The van der Waals surface area contributed by atoms with Gasteiger partial charge in [0.1, 0.15) is 11.8 Å². The third-order valence-electron chi connectivity index (χ3n) is 6.63. The zero-order valence-corrected chi connectivity index (χ0v) is 20.7. The Balaban J connectivity index is 1.20. The van der Waals surface area contributed by atoms with E-state index in [0.29, 0.717) is 24.5 Å². The summed E-state index contributed by atoms with van der Waals surface area (Å²) >= 11 is 0. The van der Waals surface area contributed by atoms with E-state index in [1.54, 1.807) is 28.0 Å². The lowest BCUT2D eigenvalue weighted by atomic mass is 10.1. The van der Waals surface area contributed by atoms with Gasteiger partial charge in [-0.2, -0.15) is 10.2 Å². The summed E-state index contributed by atoms with van der Waals surface area (Å²) in [6, 6.07) is 16.6. The van der Waals surface area contributed by atoms with Crippen LogP contribution >= 0.6 is 0 Å². The Labute approximate surface area is 218 Å². The van der Waals surface area contributed by atoms with E-state index in [4.69, 9.17) is 9.72 Å². The fourth-order valence-corrected chi connectivity index (χ4v) is 4.80. The monoisotopic (exact) mass is 509 g/mol. The average molecular weight is 510 g/mol. The number of ether oxygens (including phenoxy) is 1. The number of carbonyl (C=O) groups is 1. The van der Waals surface area contributed by atoms with Crippen LogP contribution < -0.4 is 10.1 Å². The topological polar surface area (TPSA) is 120 Å². The number of fused-ring (bicyclic) bond motifs is 2. The van der Waals surface area contributed by atoms with Gasteiger partial charge in [-0.05, 0) is 61.4 Å². The summed E-state index contributed by atoms with van der Waals surface area (Å²) in [5.41, 5.74) is 4.68. The summed E-state index contributed by atoms with van der Waals surface area (Å²) in [5, 5.41) is 22.7. The lowest BCUT2D eigenvalue weighted by molar-refractivity contribution is -0.137. The molecule has 6 rings (SSSR count). The molecule has 5 aromatic rings. The summed E-state index contributed by atoms with van der Waals surface area (Å²) in [6.45, 7) is 1.51. The highest BCUT2D eigenvalue weighted by Gasteiger charge is 2.22. The molecule has 5 heterocycles. The molecular formula is C28H27N7O3. The highest BCUT2D eigenvalue weighted by atomic mass is 16.5. The molecule has 0 radical (unpaired) electrons. The number of carboxylic acids is 1. The van der Waals surface area contributed by atoms with Gasteiger partial charge in [-0.3, -0.25) is 14.5 Å². The number of carboxylic acid groups (broad SMARTS) is 1. The van der Waals surface area contributed by atoms with Crippen molar-refractivity contribution >= 4 is 22.6 Å². The molecule has 1 atom stereocenters. The number of hydrogen-bond donors (Lipinski definition) is 2. The van der Waals surface area contributed by atoms with Crippen LogP contribution in [0.4, 0.5) is 5.69 Å². The quantitative estimate of drug-likeness (QED) is 0.305. The first-order valence-corrected chi connectivity index (χ1v) is 12.7. The molecule has 0 bridgehead atoms. The van der Waals surface area contributed by atoms with E-state index in [1.807, 2.05) is 48.5 Å². The zero-order chi connectivity index (χ0) is 25.9. The molecule has 10 heteroatoms. The first kappa shape index (κ1) is 23.7. The van der Waals surface area contributed by atoms with Crippen molar-refractivity contribution in [2.45, 2.75) is 31.7 Å². The van der Waals surface area contributed by atoms with Crippen molar-refractivity contribution in [1.82, 2.24) is 29.5 Å². The number of rotatable bonds is 9. The van der Waals surface area contributed by atoms with E-state index in [2.05, 4.69) is 26.6 Å². The summed E-state index contributed by atoms with van der Waals surface area (Å²) in [4.78, 5) is 21.2. The Morgan fingerprint density at radius 3 is 2.92 bits per heavy atom. The minimum absolute atomic E-state index is 0.159. The molecule has 38 heavy (non-hydrogen) atoms. The second-order valence-corrected chi connectivity index (χ2v) is 9.22. The molecule has 1 aliphatic heterocycles. The Hall–Kier alpha value is -4.73. The smallest absolute Gasteiger partial charge is 0.305 e. The minimum atomic E-state index is -0.934. The predicted octanol–water partition coefficient (Wildman–Crippen LogP) is 4.06. The summed E-state index contributed by atoms with van der Waals surface area (Å²) < 4.78 is 9.39. The molecular weight excluding hydrogens is 482 g/mol. The fraction of sp³-hybridized carbons (Fsp3) is 0.250. The lowest BCUT2D eigenvalue weighted by Gasteiger charge is -2.18. The van der Waals surface area contributed by atoms with Gasteiger partial charge in [-0.25, -0.2) is 9.67 Å². The molecule has 2 N–H and O–H groups in total.